The quantitative estimate of drug-likeness (QED) is 0.628. The first-order valence-corrected chi connectivity index (χ1v) is 3.96. The topological polar surface area (TPSA) is 17.1 Å². The van der Waals surface area contributed by atoms with Gasteiger partial charge in [0.2, 0.25) is 0 Å². The number of thiophene rings is 1. The molecule has 0 saturated heterocycles. The number of hydrogen-bond acceptors (Lipinski definition) is 2. The molecule has 12 heavy (non-hydrogen) atoms. The first-order valence-electron chi connectivity index (χ1n) is 3.08. The maximum absolute atomic E-state index is 12.0. The maximum Gasteiger partial charge on any atom is 0.425 e. The third-order valence-corrected chi connectivity index (χ3v) is 2.26. The number of carbonyl (C=O) groups excluding carboxylic acids is 1. The molecule has 0 aliphatic heterocycles. The van der Waals surface area contributed by atoms with Crippen LogP contribution in [-0.4, -0.2) is 5.78 Å². The molecule has 0 aliphatic rings. The highest BCUT2D eigenvalue weighted by Gasteiger charge is 2.32. The molecule has 0 aliphatic carbocycles. The summed E-state index contributed by atoms with van der Waals surface area (Å²) in [5.41, 5.74) is 0.118. The number of rotatable bonds is 1. The van der Waals surface area contributed by atoms with Crippen LogP contribution in [0.15, 0.2) is 11.4 Å². The van der Waals surface area contributed by atoms with Gasteiger partial charge in [0, 0.05) is 10.9 Å². The Kier molecular flexibility index (Phi) is 2.23. The highest BCUT2D eigenvalue weighted by atomic mass is 32.1. The molecule has 1 aromatic rings. The number of hydrogen-bond donors (Lipinski definition) is 0. The Hall–Kier alpha value is -0.840. The number of halogens is 3. The van der Waals surface area contributed by atoms with Gasteiger partial charge in [0.25, 0.3) is 0 Å². The Balaban J connectivity index is 3.00. The van der Waals surface area contributed by atoms with Crippen LogP contribution in [0.25, 0.3) is 0 Å². The van der Waals surface area contributed by atoms with Gasteiger partial charge < -0.3 is 0 Å². The highest BCUT2D eigenvalue weighted by Crippen LogP contribution is 2.33. The monoisotopic (exact) mass is 194 g/mol. The largest absolute Gasteiger partial charge is 0.425 e. The fraction of sp³-hybridized carbons (Fsp3) is 0.286. The van der Waals surface area contributed by atoms with Gasteiger partial charge in [0.1, 0.15) is 4.88 Å². The molecule has 0 aromatic carbocycles. The van der Waals surface area contributed by atoms with E-state index in [0.29, 0.717) is 11.3 Å². The van der Waals surface area contributed by atoms with Crippen LogP contribution >= 0.6 is 11.3 Å². The van der Waals surface area contributed by atoms with Crippen LogP contribution < -0.4 is 0 Å². The lowest BCUT2D eigenvalue weighted by atomic mass is 10.2. The van der Waals surface area contributed by atoms with Crippen LogP contribution in [0.4, 0.5) is 13.2 Å². The van der Waals surface area contributed by atoms with E-state index in [9.17, 15) is 18.0 Å². The van der Waals surface area contributed by atoms with Crippen molar-refractivity contribution < 1.29 is 18.0 Å². The van der Waals surface area contributed by atoms with Gasteiger partial charge in [-0.25, -0.2) is 0 Å². The van der Waals surface area contributed by atoms with Crippen LogP contribution in [-0.2, 0) is 6.18 Å². The highest BCUT2D eigenvalue weighted by molar-refractivity contribution is 7.10. The Morgan fingerprint density at radius 2 is 2.08 bits per heavy atom. The van der Waals surface area contributed by atoms with E-state index in [-0.39, 0.29) is 11.3 Å². The van der Waals surface area contributed by atoms with Crippen molar-refractivity contribution in [2.45, 2.75) is 13.1 Å². The number of carbonyl (C=O) groups is 1. The summed E-state index contributed by atoms with van der Waals surface area (Å²) in [7, 11) is 0. The molecule has 0 amide bonds. The van der Waals surface area contributed by atoms with Crippen LogP contribution in [0.3, 0.4) is 0 Å². The summed E-state index contributed by atoms with van der Waals surface area (Å²) in [6.07, 6.45) is -4.33. The second-order valence-electron chi connectivity index (χ2n) is 2.25. The van der Waals surface area contributed by atoms with Crippen molar-refractivity contribution in [3.8, 4) is 0 Å². The summed E-state index contributed by atoms with van der Waals surface area (Å²) in [6, 6.07) is 0.868. The first kappa shape index (κ1) is 9.25. The molecule has 0 unspecified atom stereocenters. The van der Waals surface area contributed by atoms with E-state index in [1.165, 1.54) is 12.3 Å². The molecule has 1 rings (SSSR count). The normalized spacial score (nSPS) is 11.7. The molecular formula is C7H5F3OS. The summed E-state index contributed by atoms with van der Waals surface area (Å²) in [6.45, 7) is 1.24. The summed E-state index contributed by atoms with van der Waals surface area (Å²) in [4.78, 5) is 9.90. The van der Waals surface area contributed by atoms with Crippen LogP contribution in [0.2, 0.25) is 0 Å². The zero-order chi connectivity index (χ0) is 9.35. The van der Waals surface area contributed by atoms with Gasteiger partial charge in [-0.1, -0.05) is 0 Å². The predicted molar refractivity (Wildman–Crippen MR) is 39.3 cm³/mol. The molecule has 0 atom stereocenters. The smallest absolute Gasteiger partial charge is 0.294 e. The average Bonchev–Trinajstić information content (AvgIpc) is 2.30. The minimum absolute atomic E-state index is 0.118. The van der Waals surface area contributed by atoms with Gasteiger partial charge >= 0.3 is 6.18 Å². The van der Waals surface area contributed by atoms with E-state index < -0.39 is 11.1 Å². The van der Waals surface area contributed by atoms with Gasteiger partial charge in [0.15, 0.2) is 5.78 Å². The molecule has 5 heteroatoms. The van der Waals surface area contributed by atoms with E-state index in [1.54, 1.807) is 0 Å². The van der Waals surface area contributed by atoms with Gasteiger partial charge in [-0.15, -0.1) is 11.3 Å². The molecular weight excluding hydrogens is 189 g/mol. The van der Waals surface area contributed by atoms with E-state index in [2.05, 4.69) is 0 Å². The SMILES string of the molecule is CC(=O)c1csc(C(F)(F)F)c1. The Morgan fingerprint density at radius 1 is 1.50 bits per heavy atom. The fourth-order valence-electron chi connectivity index (χ4n) is 0.670. The van der Waals surface area contributed by atoms with E-state index in [0.717, 1.165) is 6.07 Å². The van der Waals surface area contributed by atoms with Crippen molar-refractivity contribution in [1.82, 2.24) is 0 Å². The molecule has 1 heterocycles. The third kappa shape index (κ3) is 1.85. The lowest BCUT2D eigenvalue weighted by Gasteiger charge is -1.99. The van der Waals surface area contributed by atoms with Gasteiger partial charge in [0.05, 0.1) is 0 Å². The molecule has 1 nitrogen and oxygen atoms in total. The van der Waals surface area contributed by atoms with Crippen molar-refractivity contribution >= 4 is 17.1 Å². The van der Waals surface area contributed by atoms with Crippen molar-refractivity contribution in [2.24, 2.45) is 0 Å². The number of Topliss-reactive ketones (excluding diaryl/α,β-unsaturated/α-hetero) is 1. The van der Waals surface area contributed by atoms with Gasteiger partial charge in [-0.2, -0.15) is 13.2 Å². The van der Waals surface area contributed by atoms with E-state index in [1.807, 2.05) is 0 Å². The van der Waals surface area contributed by atoms with E-state index in [4.69, 9.17) is 0 Å². The van der Waals surface area contributed by atoms with Gasteiger partial charge in [-0.05, 0) is 13.0 Å². The van der Waals surface area contributed by atoms with Gasteiger partial charge in [-0.3, -0.25) is 4.79 Å². The Morgan fingerprint density at radius 3 is 2.33 bits per heavy atom. The average molecular weight is 194 g/mol. The Labute approximate surface area is 70.8 Å². The van der Waals surface area contributed by atoms with Crippen LogP contribution in [0, 0.1) is 0 Å². The number of alkyl halides is 3. The molecule has 0 radical (unpaired) electrons. The third-order valence-electron chi connectivity index (χ3n) is 1.29. The minimum Gasteiger partial charge on any atom is -0.294 e. The molecule has 0 bridgehead atoms. The first-order chi connectivity index (χ1) is 5.41. The Bertz CT molecular complexity index is 300. The molecule has 0 N–H and O–H groups in total. The lowest BCUT2D eigenvalue weighted by Crippen LogP contribution is -2.01. The standard InChI is InChI=1S/C7H5F3OS/c1-4(11)5-2-6(12-3-5)7(8,9)10/h2-3H,1H3. The predicted octanol–water partition coefficient (Wildman–Crippen LogP) is 2.97. The zero-order valence-electron chi connectivity index (χ0n) is 6.11. The molecule has 0 spiro atoms. The van der Waals surface area contributed by atoms with Crippen molar-refractivity contribution in [2.75, 3.05) is 0 Å². The van der Waals surface area contributed by atoms with Crippen molar-refractivity contribution in [3.05, 3.63) is 21.9 Å². The zero-order valence-corrected chi connectivity index (χ0v) is 6.92. The maximum atomic E-state index is 12.0. The van der Waals surface area contributed by atoms with E-state index >= 15 is 0 Å². The second-order valence-corrected chi connectivity index (χ2v) is 3.16. The minimum atomic E-state index is -4.33. The summed E-state index contributed by atoms with van der Waals surface area (Å²) < 4.78 is 35.9. The molecule has 1 aromatic heterocycles. The summed E-state index contributed by atoms with van der Waals surface area (Å²) in [5.74, 6) is -0.346. The summed E-state index contributed by atoms with van der Waals surface area (Å²) >= 11 is 0.539. The van der Waals surface area contributed by atoms with Crippen molar-refractivity contribution in [1.29, 1.82) is 0 Å². The van der Waals surface area contributed by atoms with Crippen LogP contribution in [0.1, 0.15) is 22.2 Å². The number of ketones is 1. The second kappa shape index (κ2) is 2.90. The lowest BCUT2D eigenvalue weighted by molar-refractivity contribution is -0.134. The fourth-order valence-corrected chi connectivity index (χ4v) is 1.49. The molecule has 0 fully saturated rings. The summed E-state index contributed by atoms with van der Waals surface area (Å²) in [5, 5.41) is 1.21. The molecule has 66 valence electrons. The van der Waals surface area contributed by atoms with Crippen LogP contribution in [0.5, 0.6) is 0 Å². The van der Waals surface area contributed by atoms with Crippen molar-refractivity contribution in [3.63, 3.8) is 0 Å². The molecule has 0 saturated carbocycles.